The number of nitrogens with zero attached hydrogens (tertiary/aromatic N) is 5. The van der Waals surface area contributed by atoms with Crippen molar-refractivity contribution >= 4 is 17.8 Å². The molecule has 8 nitrogen and oxygen atoms in total. The molecule has 140 valence electrons. The average Bonchev–Trinajstić information content (AvgIpc) is 3.02. The van der Waals surface area contributed by atoms with Crippen LogP contribution >= 0.6 is 0 Å². The van der Waals surface area contributed by atoms with Crippen molar-refractivity contribution in [3.8, 4) is 0 Å². The molecule has 0 unspecified atom stereocenters. The van der Waals surface area contributed by atoms with Gasteiger partial charge in [0.25, 0.3) is 0 Å². The second-order valence-corrected chi connectivity index (χ2v) is 7.73. The Labute approximate surface area is 157 Å². The van der Waals surface area contributed by atoms with E-state index in [1.807, 2.05) is 19.1 Å². The number of nitrogen functional groups attached to an aromatic ring is 1. The third kappa shape index (κ3) is 2.95. The van der Waals surface area contributed by atoms with Gasteiger partial charge in [0.05, 0.1) is 11.3 Å². The minimum atomic E-state index is -0.880. The molecule has 1 aliphatic carbocycles. The smallest absolute Gasteiger partial charge is 0.223 e. The highest BCUT2D eigenvalue weighted by molar-refractivity contribution is 5.80. The molecular weight excluding hydrogens is 342 g/mol. The Morgan fingerprint density at radius 3 is 2.59 bits per heavy atom. The largest absolute Gasteiger partial charge is 0.386 e. The number of nitrogens with one attached hydrogen (secondary N) is 1. The number of anilines is 1. The van der Waals surface area contributed by atoms with Crippen molar-refractivity contribution in [1.82, 2.24) is 24.6 Å². The molecule has 0 aromatic carbocycles. The van der Waals surface area contributed by atoms with Crippen LogP contribution in [-0.4, -0.2) is 35.9 Å². The Morgan fingerprint density at radius 2 is 2.00 bits per heavy atom. The van der Waals surface area contributed by atoms with Gasteiger partial charge in [0.1, 0.15) is 0 Å². The van der Waals surface area contributed by atoms with Gasteiger partial charge in [-0.15, -0.1) is 5.10 Å². The summed E-state index contributed by atoms with van der Waals surface area (Å²) in [6.45, 7) is 5.38. The van der Waals surface area contributed by atoms with Crippen LogP contribution in [-0.2, 0) is 5.60 Å². The summed E-state index contributed by atoms with van der Waals surface area (Å²) in [5.41, 5.74) is 8.90. The normalized spacial score (nSPS) is 19.9. The molecule has 0 saturated heterocycles. The number of aliphatic hydroxyl groups is 1. The summed E-state index contributed by atoms with van der Waals surface area (Å²) in [5, 5.41) is 22.0. The molecular formula is C19H23N7O. The number of fused-ring (bicyclic) bond motifs is 1. The van der Waals surface area contributed by atoms with Crippen LogP contribution in [0.15, 0.2) is 18.3 Å². The lowest BCUT2D eigenvalue weighted by atomic mass is 9.72. The topological polar surface area (TPSA) is 126 Å². The first-order valence-corrected chi connectivity index (χ1v) is 9.00. The number of nitrogens with two attached hydrogens (primary N) is 1. The summed E-state index contributed by atoms with van der Waals surface area (Å²) in [4.78, 5) is 13.4. The van der Waals surface area contributed by atoms with Gasteiger partial charge in [-0.2, -0.15) is 4.52 Å². The Bertz CT molecular complexity index is 1010. The maximum absolute atomic E-state index is 10.0. The lowest BCUT2D eigenvalue weighted by Gasteiger charge is -2.33. The molecule has 0 atom stereocenters. The van der Waals surface area contributed by atoms with E-state index in [0.29, 0.717) is 17.3 Å². The van der Waals surface area contributed by atoms with Gasteiger partial charge in [0.15, 0.2) is 11.5 Å². The van der Waals surface area contributed by atoms with Crippen LogP contribution < -0.4 is 5.73 Å². The van der Waals surface area contributed by atoms with E-state index in [2.05, 4.69) is 20.1 Å². The zero-order chi connectivity index (χ0) is 19.3. The number of aromatic nitrogens is 5. The van der Waals surface area contributed by atoms with Crippen molar-refractivity contribution in [1.29, 1.82) is 5.41 Å². The molecule has 0 radical (unpaired) electrons. The highest BCUT2D eigenvalue weighted by Crippen LogP contribution is 2.46. The molecule has 3 heterocycles. The van der Waals surface area contributed by atoms with Gasteiger partial charge < -0.3 is 16.2 Å². The SMILES string of the molecule is Cc1c(C=N)nc(N)n2nc([C@H]3C[C@@H](c4ccc(C(C)(C)O)cn4)C3)nc12. The fraction of sp³-hybridized carbons (Fsp3) is 0.421. The third-order valence-electron chi connectivity index (χ3n) is 5.35. The second-order valence-electron chi connectivity index (χ2n) is 7.73. The number of hydrogen-bond acceptors (Lipinski definition) is 7. The van der Waals surface area contributed by atoms with Crippen LogP contribution in [0.2, 0.25) is 0 Å². The van der Waals surface area contributed by atoms with E-state index < -0.39 is 5.60 Å². The monoisotopic (exact) mass is 365 g/mol. The van der Waals surface area contributed by atoms with Crippen LogP contribution in [0.5, 0.6) is 0 Å². The average molecular weight is 365 g/mol. The Hall–Kier alpha value is -2.87. The van der Waals surface area contributed by atoms with Gasteiger partial charge in [-0.1, -0.05) is 6.07 Å². The molecule has 0 spiro atoms. The van der Waals surface area contributed by atoms with Crippen molar-refractivity contribution < 1.29 is 5.11 Å². The standard InChI is InChI=1S/C19H23N7O/c1-10-15(8-20)23-18(21)26-17(10)24-16(25-26)12-6-11(7-12)14-5-4-13(9-22-14)19(2,3)27/h4-5,8-9,11-12,20,27H,6-7H2,1-3H3,(H2,21,23)/t11-,12+. The molecule has 4 N–H and O–H groups in total. The molecule has 1 saturated carbocycles. The van der Waals surface area contributed by atoms with E-state index >= 15 is 0 Å². The molecule has 8 heteroatoms. The van der Waals surface area contributed by atoms with Crippen LogP contribution in [0.1, 0.15) is 66.9 Å². The van der Waals surface area contributed by atoms with Crippen LogP contribution in [0.4, 0.5) is 5.95 Å². The van der Waals surface area contributed by atoms with Gasteiger partial charge in [-0.25, -0.2) is 9.97 Å². The molecule has 3 aromatic rings. The van der Waals surface area contributed by atoms with E-state index in [1.54, 1.807) is 24.6 Å². The molecule has 1 fully saturated rings. The molecule has 3 aromatic heterocycles. The van der Waals surface area contributed by atoms with Gasteiger partial charge in [0, 0.05) is 41.1 Å². The van der Waals surface area contributed by atoms with Crippen LogP contribution in [0.3, 0.4) is 0 Å². The molecule has 0 aliphatic heterocycles. The first-order chi connectivity index (χ1) is 12.8. The van der Waals surface area contributed by atoms with Crippen LogP contribution in [0.25, 0.3) is 5.65 Å². The lowest BCUT2D eigenvalue weighted by Crippen LogP contribution is -2.23. The van der Waals surface area contributed by atoms with Gasteiger partial charge in [-0.3, -0.25) is 4.98 Å². The summed E-state index contributed by atoms with van der Waals surface area (Å²) in [5.74, 6) is 1.63. The van der Waals surface area contributed by atoms with E-state index in [-0.39, 0.29) is 11.9 Å². The minimum absolute atomic E-state index is 0.243. The Morgan fingerprint density at radius 1 is 1.26 bits per heavy atom. The summed E-state index contributed by atoms with van der Waals surface area (Å²) in [6.07, 6.45) is 4.79. The van der Waals surface area contributed by atoms with Crippen molar-refractivity contribution in [2.24, 2.45) is 0 Å². The molecule has 4 rings (SSSR count). The fourth-order valence-corrected chi connectivity index (χ4v) is 3.49. The number of rotatable bonds is 4. The van der Waals surface area contributed by atoms with Crippen molar-refractivity contribution in [2.45, 2.75) is 51.0 Å². The van der Waals surface area contributed by atoms with E-state index in [9.17, 15) is 5.11 Å². The summed E-state index contributed by atoms with van der Waals surface area (Å²) >= 11 is 0. The molecule has 0 bridgehead atoms. The highest BCUT2D eigenvalue weighted by atomic mass is 16.3. The Kier molecular flexibility index (Phi) is 3.96. The molecule has 0 amide bonds. The first-order valence-electron chi connectivity index (χ1n) is 9.00. The molecule has 27 heavy (non-hydrogen) atoms. The van der Waals surface area contributed by atoms with E-state index in [0.717, 1.165) is 35.5 Å². The highest BCUT2D eigenvalue weighted by Gasteiger charge is 2.35. The van der Waals surface area contributed by atoms with Gasteiger partial charge >= 0.3 is 0 Å². The minimum Gasteiger partial charge on any atom is -0.386 e. The summed E-state index contributed by atoms with van der Waals surface area (Å²) in [7, 11) is 0. The van der Waals surface area contributed by atoms with Crippen LogP contribution in [0, 0.1) is 12.3 Å². The number of pyridine rings is 1. The van der Waals surface area contributed by atoms with Crippen molar-refractivity contribution in [3.63, 3.8) is 0 Å². The first kappa shape index (κ1) is 17.5. The number of aryl methyl sites for hydroxylation is 1. The quantitative estimate of drug-likeness (QED) is 0.609. The zero-order valence-electron chi connectivity index (χ0n) is 15.6. The van der Waals surface area contributed by atoms with Gasteiger partial charge in [0.2, 0.25) is 5.95 Å². The predicted octanol–water partition coefficient (Wildman–Crippen LogP) is 2.30. The lowest BCUT2D eigenvalue weighted by molar-refractivity contribution is 0.0781. The fourth-order valence-electron chi connectivity index (χ4n) is 3.49. The predicted molar refractivity (Wildman–Crippen MR) is 102 cm³/mol. The summed E-state index contributed by atoms with van der Waals surface area (Å²) in [6, 6.07) is 3.93. The van der Waals surface area contributed by atoms with Gasteiger partial charge in [-0.05, 0) is 39.7 Å². The maximum Gasteiger partial charge on any atom is 0.223 e. The van der Waals surface area contributed by atoms with E-state index in [4.69, 9.17) is 11.1 Å². The zero-order valence-corrected chi connectivity index (χ0v) is 15.6. The third-order valence-corrected chi connectivity index (χ3v) is 5.35. The molecule has 1 aliphatic rings. The number of hydrogen-bond donors (Lipinski definition) is 3. The van der Waals surface area contributed by atoms with E-state index in [1.165, 1.54) is 6.21 Å². The Balaban J connectivity index is 1.53. The second kappa shape index (κ2) is 6.09. The summed E-state index contributed by atoms with van der Waals surface area (Å²) < 4.78 is 1.56. The van der Waals surface area contributed by atoms with Crippen molar-refractivity contribution in [2.75, 3.05) is 5.73 Å². The maximum atomic E-state index is 10.0. The van der Waals surface area contributed by atoms with Crippen molar-refractivity contribution in [3.05, 3.63) is 46.7 Å².